The molecule has 2 rings (SSSR count). The van der Waals surface area contributed by atoms with Crippen LogP contribution in [0.5, 0.6) is 5.88 Å². The first-order valence-corrected chi connectivity index (χ1v) is 11.7. The first-order chi connectivity index (χ1) is 7.95. The Morgan fingerprint density at radius 2 is 1.88 bits per heavy atom. The molecule has 0 saturated heterocycles. The number of halogens is 1. The summed E-state index contributed by atoms with van der Waals surface area (Å²) in [7, 11) is 0. The van der Waals surface area contributed by atoms with E-state index in [2.05, 4.69) is 24.8 Å². The molecule has 78 valence electrons. The number of pyridine rings is 1. The van der Waals surface area contributed by atoms with Gasteiger partial charge in [-0.05, 0) is 5.56 Å². The zero-order chi connectivity index (χ0) is 11.6. The quantitative estimate of drug-likeness (QED) is 0.637. The van der Waals surface area contributed by atoms with Crippen molar-refractivity contribution in [2.45, 2.75) is 6.61 Å². The van der Waals surface area contributed by atoms with Crippen LogP contribution in [0.1, 0.15) is 5.56 Å². The van der Waals surface area contributed by atoms with Gasteiger partial charge in [-0.15, -0.1) is 6.07 Å². The Hall–Kier alpha value is -0.727. The van der Waals surface area contributed by atoms with E-state index in [1.807, 2.05) is 42.5 Å². The van der Waals surface area contributed by atoms with Gasteiger partial charge in [0.25, 0.3) is 0 Å². The predicted molar refractivity (Wildman–Crippen MR) is 62.8 cm³/mol. The molecule has 0 amide bonds. The van der Waals surface area contributed by atoms with Crippen LogP contribution in [0.3, 0.4) is 0 Å². The second kappa shape index (κ2) is 8.43. The average Bonchev–Trinajstić information content (AvgIpc) is 2.41. The van der Waals surface area contributed by atoms with Crippen LogP contribution >= 0.6 is 13.6 Å². The van der Waals surface area contributed by atoms with Crippen LogP contribution < -0.4 is 4.74 Å². The Morgan fingerprint density at radius 3 is 2.50 bits per heavy atom. The molecule has 0 fully saturated rings. The third-order valence-electron chi connectivity index (χ3n) is 1.81. The maximum absolute atomic E-state index is 5.45. The van der Waals surface area contributed by atoms with Crippen molar-refractivity contribution in [3.05, 3.63) is 60.3 Å². The fourth-order valence-electron chi connectivity index (χ4n) is 1.12. The summed E-state index contributed by atoms with van der Waals surface area (Å²) in [5.41, 5.74) is 1.14. The molecule has 0 unspecified atom stereocenters. The van der Waals surface area contributed by atoms with Crippen molar-refractivity contribution >= 4 is 13.6 Å². The topological polar surface area (TPSA) is 22.1 Å². The molecule has 2 nitrogen and oxygen atoms in total. The molecule has 0 radical (unpaired) electrons. The Balaban J connectivity index is 0.000000606. The Morgan fingerprint density at radius 1 is 1.12 bits per heavy atom. The molecule has 0 bridgehead atoms. The second-order valence-electron chi connectivity index (χ2n) is 2.88. The fraction of sp³-hybridized carbons (Fsp3) is 0.0833. The summed E-state index contributed by atoms with van der Waals surface area (Å²) in [6.45, 7) is 0.547. The minimum Gasteiger partial charge on any atom is -0.530 e. The third-order valence-corrected chi connectivity index (χ3v) is 1.81. The van der Waals surface area contributed by atoms with E-state index in [9.17, 15) is 0 Å². The van der Waals surface area contributed by atoms with Gasteiger partial charge in [-0.1, -0.05) is 36.5 Å². The molecule has 0 N–H and O–H groups in total. The normalized spacial score (nSPS) is 8.94. The van der Waals surface area contributed by atoms with Crippen molar-refractivity contribution in [3.8, 4) is 5.88 Å². The summed E-state index contributed by atoms with van der Waals surface area (Å²) in [5.74, 6) is 0.608. The van der Waals surface area contributed by atoms with Gasteiger partial charge in [0.15, 0.2) is 0 Å². The van der Waals surface area contributed by atoms with Gasteiger partial charge in [0.05, 0.1) is 12.5 Å². The minimum absolute atomic E-state index is 0.547. The van der Waals surface area contributed by atoms with E-state index in [0.29, 0.717) is 12.5 Å². The molecule has 16 heavy (non-hydrogen) atoms. The summed E-state index contributed by atoms with van der Waals surface area (Å²) < 4.78 is 5.45. The Kier molecular flexibility index (Phi) is 7.03. The van der Waals surface area contributed by atoms with E-state index in [-0.39, 0.29) is 0 Å². The number of hydrogen-bond acceptors (Lipinski definition) is 2. The van der Waals surface area contributed by atoms with Crippen LogP contribution in [0.15, 0.2) is 48.5 Å². The van der Waals surface area contributed by atoms with Crippen LogP contribution in [-0.2, 0) is 22.9 Å². The molecular weight excluding hydrogens is 319 g/mol. The number of hydrogen-bond donors (Lipinski definition) is 0. The number of rotatable bonds is 3. The molecule has 1 aromatic carbocycles. The summed E-state index contributed by atoms with van der Waals surface area (Å²) in [5, 5.41) is 0. The number of ether oxygens (including phenoxy) is 1. The van der Waals surface area contributed by atoms with Gasteiger partial charge < -0.3 is 9.72 Å². The standard InChI is InChI=1S/C12H10NO.BrH.Zn/c1-2-6-11(7-3-1)10-14-12-8-4-5-9-13-12;;/h1-8H,10H2;1H;/q-1;;+2/p-1. The first-order valence-electron chi connectivity index (χ1n) is 4.72. The number of benzene rings is 1. The van der Waals surface area contributed by atoms with Crippen LogP contribution in [0.2, 0.25) is 0 Å². The fourth-order valence-corrected chi connectivity index (χ4v) is 1.12. The number of nitrogens with zero attached hydrogens (tertiary/aromatic N) is 1. The molecule has 0 spiro atoms. The Labute approximate surface area is 112 Å². The SMILES string of the molecule is [Zn+][Br].[c-]1cccc(OCc2ccccc2)n1. The molecule has 4 heteroatoms. The molecule has 2 aromatic rings. The second-order valence-corrected chi connectivity index (χ2v) is 2.88. The van der Waals surface area contributed by atoms with Gasteiger partial charge in [-0.3, -0.25) is 0 Å². The summed E-state index contributed by atoms with van der Waals surface area (Å²) >= 11 is 4.25. The average molecular weight is 330 g/mol. The minimum atomic E-state index is 0.547. The largest absolute Gasteiger partial charge is 0.530 e. The maximum atomic E-state index is 5.45. The van der Waals surface area contributed by atoms with Crippen molar-refractivity contribution in [1.29, 1.82) is 0 Å². The summed E-state index contributed by atoms with van der Waals surface area (Å²) in [6, 6.07) is 15.4. The third kappa shape index (κ3) is 4.86. The zero-order valence-electron chi connectivity index (χ0n) is 8.77. The maximum Gasteiger partial charge on any atom is 0.0986 e. The van der Waals surface area contributed by atoms with E-state index >= 15 is 0 Å². The summed E-state index contributed by atoms with van der Waals surface area (Å²) in [4.78, 5) is 3.95. The van der Waals surface area contributed by atoms with Crippen LogP contribution in [0, 0.1) is 6.20 Å². The van der Waals surface area contributed by atoms with E-state index in [1.165, 1.54) is 16.3 Å². The van der Waals surface area contributed by atoms with Crippen molar-refractivity contribution in [3.63, 3.8) is 0 Å². The van der Waals surface area contributed by atoms with Crippen LogP contribution in [0.25, 0.3) is 0 Å². The molecule has 0 aliphatic heterocycles. The summed E-state index contributed by atoms with van der Waals surface area (Å²) in [6.07, 6.45) is 2.72. The van der Waals surface area contributed by atoms with Crippen LogP contribution in [0.4, 0.5) is 0 Å². The van der Waals surface area contributed by atoms with Gasteiger partial charge in [0.1, 0.15) is 0 Å². The van der Waals surface area contributed by atoms with Crippen molar-refractivity contribution in [2.75, 3.05) is 0 Å². The predicted octanol–water partition coefficient (Wildman–Crippen LogP) is 3.30. The Bertz CT molecular complexity index is 343. The van der Waals surface area contributed by atoms with E-state index < -0.39 is 0 Å². The molecular formula is C12H10BrNOZn. The van der Waals surface area contributed by atoms with E-state index in [0.717, 1.165) is 5.56 Å². The van der Waals surface area contributed by atoms with E-state index in [1.54, 1.807) is 6.07 Å². The van der Waals surface area contributed by atoms with Gasteiger partial charge in [0, 0.05) is 0 Å². The van der Waals surface area contributed by atoms with Gasteiger partial charge in [-0.2, -0.15) is 12.1 Å². The molecule has 1 heterocycles. The van der Waals surface area contributed by atoms with Gasteiger partial charge >= 0.3 is 30.0 Å². The van der Waals surface area contributed by atoms with Crippen LogP contribution in [-0.4, -0.2) is 4.98 Å². The monoisotopic (exact) mass is 327 g/mol. The zero-order valence-corrected chi connectivity index (χ0v) is 13.3. The molecule has 0 aliphatic carbocycles. The van der Waals surface area contributed by atoms with Crippen molar-refractivity contribution in [2.24, 2.45) is 0 Å². The van der Waals surface area contributed by atoms with Gasteiger partial charge in [-0.25, -0.2) is 0 Å². The molecule has 0 aliphatic rings. The van der Waals surface area contributed by atoms with Gasteiger partial charge in [0.2, 0.25) is 0 Å². The van der Waals surface area contributed by atoms with E-state index in [4.69, 9.17) is 4.74 Å². The van der Waals surface area contributed by atoms with Crippen molar-refractivity contribution in [1.82, 2.24) is 4.98 Å². The van der Waals surface area contributed by atoms with Crippen molar-refractivity contribution < 1.29 is 21.1 Å². The molecule has 0 atom stereocenters. The molecule has 0 saturated carbocycles. The molecule has 1 aromatic heterocycles. The number of aromatic nitrogens is 1. The smallest absolute Gasteiger partial charge is 0.0986 e. The first kappa shape index (κ1) is 13.3.